The van der Waals surface area contributed by atoms with E-state index in [4.69, 9.17) is 0 Å². The third-order valence-corrected chi connectivity index (χ3v) is 4.62. The van der Waals surface area contributed by atoms with Gasteiger partial charge in [-0.3, -0.25) is 4.79 Å². The molecule has 5 nitrogen and oxygen atoms in total. The van der Waals surface area contributed by atoms with Gasteiger partial charge in [0.25, 0.3) is 5.56 Å². The van der Waals surface area contributed by atoms with Gasteiger partial charge in [-0.05, 0) is 54.7 Å². The van der Waals surface area contributed by atoms with E-state index in [1.165, 1.54) is 11.1 Å². The molecule has 0 bridgehead atoms. The molecule has 0 amide bonds. The minimum Gasteiger partial charge on any atom is -0.369 e. The number of aromatic nitrogens is 2. The van der Waals surface area contributed by atoms with Gasteiger partial charge in [-0.1, -0.05) is 6.92 Å². The molecule has 1 aliphatic rings. The van der Waals surface area contributed by atoms with Crippen LogP contribution < -0.4 is 15.8 Å². The van der Waals surface area contributed by atoms with Crippen LogP contribution in [-0.2, 0) is 6.54 Å². The second-order valence-corrected chi connectivity index (χ2v) is 6.11. The van der Waals surface area contributed by atoms with E-state index >= 15 is 0 Å². The minimum absolute atomic E-state index is 0.0389. The molecule has 0 radical (unpaired) electrons. The second-order valence-electron chi connectivity index (χ2n) is 5.32. The van der Waals surface area contributed by atoms with E-state index in [-0.39, 0.29) is 5.56 Å². The Morgan fingerprint density at radius 1 is 1.50 bits per heavy atom. The minimum atomic E-state index is -0.0389. The predicted molar refractivity (Wildman–Crippen MR) is 85.4 cm³/mol. The summed E-state index contributed by atoms with van der Waals surface area (Å²) in [5.74, 6) is 0. The van der Waals surface area contributed by atoms with Crippen LogP contribution in [0.4, 0.5) is 5.69 Å². The van der Waals surface area contributed by atoms with Crippen molar-refractivity contribution in [1.82, 2.24) is 15.1 Å². The Morgan fingerprint density at radius 2 is 2.30 bits per heavy atom. The molecule has 0 aromatic carbocycles. The van der Waals surface area contributed by atoms with Crippen LogP contribution in [0.1, 0.15) is 32.6 Å². The summed E-state index contributed by atoms with van der Waals surface area (Å²) in [7, 11) is 2.06. The van der Waals surface area contributed by atoms with Gasteiger partial charge in [0.15, 0.2) is 0 Å². The molecular formula is C14H23BrN4O. The second kappa shape index (κ2) is 7.22. The first kappa shape index (κ1) is 15.5. The van der Waals surface area contributed by atoms with Crippen LogP contribution in [0, 0.1) is 0 Å². The van der Waals surface area contributed by atoms with Crippen molar-refractivity contribution in [3.63, 3.8) is 0 Å². The van der Waals surface area contributed by atoms with Crippen molar-refractivity contribution in [3.8, 4) is 0 Å². The summed E-state index contributed by atoms with van der Waals surface area (Å²) in [5, 5.41) is 7.70. The average molecular weight is 343 g/mol. The SMILES string of the molecule is CCCn1ncc(N(C)C2CCCNCC2)c(Br)c1=O. The fraction of sp³-hybridized carbons (Fsp3) is 0.714. The first-order valence-corrected chi connectivity index (χ1v) is 8.13. The van der Waals surface area contributed by atoms with Crippen molar-refractivity contribution in [2.75, 3.05) is 25.0 Å². The van der Waals surface area contributed by atoms with Gasteiger partial charge in [-0.25, -0.2) is 4.68 Å². The Hall–Kier alpha value is -0.880. The van der Waals surface area contributed by atoms with Crippen LogP contribution in [0.15, 0.2) is 15.5 Å². The molecule has 0 spiro atoms. The Bertz CT molecular complexity index is 494. The lowest BCUT2D eigenvalue weighted by atomic mass is 10.1. The summed E-state index contributed by atoms with van der Waals surface area (Å²) in [6, 6.07) is 0.463. The zero-order valence-electron chi connectivity index (χ0n) is 12.2. The molecule has 1 aromatic rings. The van der Waals surface area contributed by atoms with Crippen LogP contribution >= 0.6 is 15.9 Å². The Balaban J connectivity index is 2.23. The van der Waals surface area contributed by atoms with E-state index in [2.05, 4.69) is 38.3 Å². The molecule has 1 fully saturated rings. The smallest absolute Gasteiger partial charge is 0.283 e. The first-order chi connectivity index (χ1) is 9.65. The van der Waals surface area contributed by atoms with Crippen molar-refractivity contribution in [2.24, 2.45) is 0 Å². The lowest BCUT2D eigenvalue weighted by Crippen LogP contribution is -2.35. The Kier molecular flexibility index (Phi) is 5.60. The maximum Gasteiger partial charge on any atom is 0.283 e. The number of hydrogen-bond donors (Lipinski definition) is 1. The van der Waals surface area contributed by atoms with Gasteiger partial charge in [0, 0.05) is 19.6 Å². The molecule has 1 unspecified atom stereocenters. The molecule has 0 saturated carbocycles. The molecule has 6 heteroatoms. The zero-order valence-corrected chi connectivity index (χ0v) is 13.8. The molecule has 20 heavy (non-hydrogen) atoms. The Morgan fingerprint density at radius 3 is 3.05 bits per heavy atom. The normalized spacial score (nSPS) is 19.6. The quantitative estimate of drug-likeness (QED) is 0.909. The standard InChI is InChI=1S/C14H23BrN4O/c1-3-9-19-14(20)13(15)12(10-17-19)18(2)11-5-4-7-16-8-6-11/h10-11,16H,3-9H2,1-2H3. The fourth-order valence-corrected chi connectivity index (χ4v) is 3.24. The highest BCUT2D eigenvalue weighted by atomic mass is 79.9. The number of nitrogens with zero attached hydrogens (tertiary/aromatic N) is 3. The summed E-state index contributed by atoms with van der Waals surface area (Å²) in [6.07, 6.45) is 6.13. The molecule has 1 atom stereocenters. The van der Waals surface area contributed by atoms with Crippen molar-refractivity contribution in [1.29, 1.82) is 0 Å². The highest BCUT2D eigenvalue weighted by molar-refractivity contribution is 9.10. The number of halogens is 1. The largest absolute Gasteiger partial charge is 0.369 e. The average Bonchev–Trinajstić information content (AvgIpc) is 2.73. The van der Waals surface area contributed by atoms with Gasteiger partial charge in [-0.15, -0.1) is 0 Å². The molecule has 2 rings (SSSR count). The van der Waals surface area contributed by atoms with E-state index in [0.717, 1.165) is 38.0 Å². The maximum absolute atomic E-state index is 12.2. The van der Waals surface area contributed by atoms with Crippen molar-refractivity contribution in [3.05, 3.63) is 21.0 Å². The number of hydrogen-bond acceptors (Lipinski definition) is 4. The molecule has 1 N–H and O–H groups in total. The third-order valence-electron chi connectivity index (χ3n) is 3.87. The van der Waals surface area contributed by atoms with E-state index < -0.39 is 0 Å². The summed E-state index contributed by atoms with van der Waals surface area (Å²) in [5.41, 5.74) is 0.859. The van der Waals surface area contributed by atoms with Gasteiger partial charge in [0.05, 0.1) is 11.9 Å². The van der Waals surface area contributed by atoms with Crippen molar-refractivity contribution >= 4 is 21.6 Å². The molecular weight excluding hydrogens is 320 g/mol. The van der Waals surface area contributed by atoms with Crippen molar-refractivity contribution < 1.29 is 0 Å². The van der Waals surface area contributed by atoms with Crippen LogP contribution in [0.3, 0.4) is 0 Å². The molecule has 1 aliphatic heterocycles. The summed E-state index contributed by atoms with van der Waals surface area (Å²) in [4.78, 5) is 14.4. The molecule has 1 aromatic heterocycles. The topological polar surface area (TPSA) is 50.2 Å². The van der Waals surface area contributed by atoms with Gasteiger partial charge in [0.2, 0.25) is 0 Å². The number of aryl methyl sites for hydroxylation is 1. The summed E-state index contributed by atoms with van der Waals surface area (Å²) >= 11 is 3.46. The fourth-order valence-electron chi connectivity index (χ4n) is 2.66. The highest BCUT2D eigenvalue weighted by Crippen LogP contribution is 2.25. The molecule has 0 aliphatic carbocycles. The predicted octanol–water partition coefficient (Wildman–Crippen LogP) is 1.99. The summed E-state index contributed by atoms with van der Waals surface area (Å²) in [6.45, 7) is 4.82. The van der Waals surface area contributed by atoms with E-state index in [0.29, 0.717) is 17.1 Å². The van der Waals surface area contributed by atoms with Gasteiger partial charge in [-0.2, -0.15) is 5.10 Å². The van der Waals surface area contributed by atoms with E-state index in [1.54, 1.807) is 6.20 Å². The maximum atomic E-state index is 12.2. The zero-order chi connectivity index (χ0) is 14.5. The number of anilines is 1. The molecule has 112 valence electrons. The highest BCUT2D eigenvalue weighted by Gasteiger charge is 2.20. The van der Waals surface area contributed by atoms with E-state index in [1.807, 2.05) is 6.92 Å². The summed E-state index contributed by atoms with van der Waals surface area (Å²) < 4.78 is 2.15. The van der Waals surface area contributed by atoms with Gasteiger partial charge < -0.3 is 10.2 Å². The van der Waals surface area contributed by atoms with Crippen LogP contribution in [0.5, 0.6) is 0 Å². The third kappa shape index (κ3) is 3.41. The van der Waals surface area contributed by atoms with Crippen molar-refractivity contribution in [2.45, 2.75) is 45.2 Å². The lowest BCUT2D eigenvalue weighted by molar-refractivity contribution is 0.547. The number of nitrogens with one attached hydrogen (secondary N) is 1. The lowest BCUT2D eigenvalue weighted by Gasteiger charge is -2.29. The molecule has 1 saturated heterocycles. The first-order valence-electron chi connectivity index (χ1n) is 7.34. The van der Waals surface area contributed by atoms with Gasteiger partial charge >= 0.3 is 0 Å². The van der Waals surface area contributed by atoms with Crippen LogP contribution in [0.25, 0.3) is 0 Å². The number of rotatable bonds is 4. The van der Waals surface area contributed by atoms with Crippen LogP contribution in [0.2, 0.25) is 0 Å². The molecule has 2 heterocycles. The van der Waals surface area contributed by atoms with Crippen LogP contribution in [-0.4, -0.2) is 36.0 Å². The van der Waals surface area contributed by atoms with Gasteiger partial charge in [0.1, 0.15) is 4.47 Å². The van der Waals surface area contributed by atoms with E-state index in [9.17, 15) is 4.79 Å². The monoisotopic (exact) mass is 342 g/mol. The Labute approximate surface area is 128 Å².